The smallest absolute Gasteiger partial charge is 0.0543 e. The lowest BCUT2D eigenvalue weighted by molar-refractivity contribution is 0.145. The normalized spacial score (nSPS) is 22.7. The van der Waals surface area contributed by atoms with Crippen molar-refractivity contribution in [2.75, 3.05) is 4.90 Å². The molecule has 4 saturated carbocycles. The Morgan fingerprint density at radius 1 is 0.562 bits per heavy atom. The summed E-state index contributed by atoms with van der Waals surface area (Å²) in [4.78, 5) is 2.56. The van der Waals surface area contributed by atoms with Crippen molar-refractivity contribution in [2.24, 2.45) is 11.8 Å². The van der Waals surface area contributed by atoms with Crippen LogP contribution < -0.4 is 4.90 Å². The molecule has 0 spiro atoms. The average Bonchev–Trinajstić information content (AvgIpc) is 3.39. The molecular formula is C47H49N. The van der Waals surface area contributed by atoms with E-state index in [0.717, 1.165) is 17.8 Å². The predicted octanol–water partition coefficient (Wildman–Crippen LogP) is 13.5. The lowest BCUT2D eigenvalue weighted by Crippen LogP contribution is -2.29. The third-order valence-electron chi connectivity index (χ3n) is 12.9. The van der Waals surface area contributed by atoms with Crippen molar-refractivity contribution in [3.8, 4) is 22.3 Å². The van der Waals surface area contributed by atoms with Crippen molar-refractivity contribution in [3.63, 3.8) is 0 Å². The quantitative estimate of drug-likeness (QED) is 0.181. The first-order valence-electron chi connectivity index (χ1n) is 18.9. The second kappa shape index (κ2) is 12.1. The molecule has 0 heterocycles. The third-order valence-corrected chi connectivity index (χ3v) is 12.9. The molecule has 242 valence electrons. The molecule has 2 bridgehead atoms. The summed E-state index contributed by atoms with van der Waals surface area (Å²) in [6.07, 6.45) is 13.9. The zero-order chi connectivity index (χ0) is 32.2. The largest absolute Gasteiger partial charge is 0.310 e. The van der Waals surface area contributed by atoms with Gasteiger partial charge in [-0.15, -0.1) is 0 Å². The molecule has 4 fully saturated rings. The standard InChI is InChI=1S/C47H49N/c1-47(2)43-16-10-9-15-40(43)41-29-30-44(45(46(41)47)37-13-7-4-8-14-37)48(38-25-21-34(22-26-38)33-11-5-3-6-12-33)39-27-23-36(24-28-39)42-31-32-17-19-35(42)20-18-32/h4,7-10,13-16,21-30,32-33,35,42H,3,5-6,11-12,17-20,31H2,1-2H3. The molecule has 0 radical (unpaired) electrons. The minimum Gasteiger partial charge on any atom is -0.310 e. The van der Waals surface area contributed by atoms with Crippen LogP contribution in [-0.4, -0.2) is 0 Å². The Hall–Kier alpha value is -4.10. The second-order valence-electron chi connectivity index (χ2n) is 15.9. The van der Waals surface area contributed by atoms with E-state index in [2.05, 4.69) is 134 Å². The van der Waals surface area contributed by atoms with Crippen LogP contribution in [0.3, 0.4) is 0 Å². The van der Waals surface area contributed by atoms with Gasteiger partial charge in [0.15, 0.2) is 0 Å². The molecule has 5 aliphatic carbocycles. The fraction of sp³-hybridized carbons (Fsp3) is 0.362. The van der Waals surface area contributed by atoms with E-state index in [1.165, 1.54) is 120 Å². The number of benzene rings is 5. The number of fused-ring (bicyclic) bond motifs is 6. The van der Waals surface area contributed by atoms with Crippen LogP contribution in [0.15, 0.2) is 115 Å². The maximum Gasteiger partial charge on any atom is 0.0543 e. The van der Waals surface area contributed by atoms with E-state index in [9.17, 15) is 0 Å². The van der Waals surface area contributed by atoms with E-state index < -0.39 is 0 Å². The van der Waals surface area contributed by atoms with Crippen molar-refractivity contribution in [3.05, 3.63) is 138 Å². The molecule has 48 heavy (non-hydrogen) atoms. The van der Waals surface area contributed by atoms with Crippen molar-refractivity contribution < 1.29 is 0 Å². The molecule has 5 aliphatic rings. The number of hydrogen-bond acceptors (Lipinski definition) is 1. The fourth-order valence-electron chi connectivity index (χ4n) is 10.4. The molecule has 0 amide bonds. The van der Waals surface area contributed by atoms with Crippen LogP contribution in [-0.2, 0) is 5.41 Å². The van der Waals surface area contributed by atoms with E-state index in [0.29, 0.717) is 5.92 Å². The minimum absolute atomic E-state index is 0.117. The number of rotatable bonds is 6. The number of nitrogens with zero attached hydrogens (tertiary/aromatic N) is 1. The van der Waals surface area contributed by atoms with Crippen LogP contribution >= 0.6 is 0 Å². The maximum absolute atomic E-state index is 2.56. The highest BCUT2D eigenvalue weighted by Crippen LogP contribution is 2.56. The van der Waals surface area contributed by atoms with Gasteiger partial charge in [0.25, 0.3) is 0 Å². The van der Waals surface area contributed by atoms with Crippen LogP contribution in [0.25, 0.3) is 22.3 Å². The van der Waals surface area contributed by atoms with Crippen LogP contribution in [0.2, 0.25) is 0 Å². The first-order chi connectivity index (χ1) is 23.6. The van der Waals surface area contributed by atoms with Crippen LogP contribution in [0.1, 0.15) is 112 Å². The molecule has 1 atom stereocenters. The summed E-state index contributed by atoms with van der Waals surface area (Å²) in [7, 11) is 0. The SMILES string of the molecule is CC1(C)c2ccccc2-c2ccc(N(c3ccc(C4CCCCC4)cc3)c3ccc(C4CC5CCC4CC5)cc3)c(-c3ccccc3)c21. The lowest BCUT2D eigenvalue weighted by atomic mass is 9.63. The summed E-state index contributed by atoms with van der Waals surface area (Å²) < 4.78 is 0. The van der Waals surface area contributed by atoms with Gasteiger partial charge in [0.2, 0.25) is 0 Å². The highest BCUT2D eigenvalue weighted by Gasteiger charge is 2.40. The summed E-state index contributed by atoms with van der Waals surface area (Å²) in [5.74, 6) is 3.24. The van der Waals surface area contributed by atoms with Crippen LogP contribution in [0.5, 0.6) is 0 Å². The van der Waals surface area contributed by atoms with Gasteiger partial charge >= 0.3 is 0 Å². The lowest BCUT2D eigenvalue weighted by Gasteiger charge is -2.42. The van der Waals surface area contributed by atoms with Gasteiger partial charge in [-0.3, -0.25) is 0 Å². The van der Waals surface area contributed by atoms with Crippen molar-refractivity contribution in [2.45, 2.75) is 95.3 Å². The summed E-state index contributed by atoms with van der Waals surface area (Å²) in [5.41, 5.74) is 14.9. The zero-order valence-corrected chi connectivity index (χ0v) is 28.8. The van der Waals surface area contributed by atoms with Gasteiger partial charge in [-0.05, 0) is 125 Å². The van der Waals surface area contributed by atoms with Crippen molar-refractivity contribution in [1.82, 2.24) is 0 Å². The summed E-state index contributed by atoms with van der Waals surface area (Å²) in [6.45, 7) is 4.84. The fourth-order valence-corrected chi connectivity index (χ4v) is 10.4. The molecule has 1 unspecified atom stereocenters. The first kappa shape index (κ1) is 30.0. The summed E-state index contributed by atoms with van der Waals surface area (Å²) >= 11 is 0. The highest BCUT2D eigenvalue weighted by atomic mass is 15.1. The van der Waals surface area contributed by atoms with E-state index >= 15 is 0 Å². The van der Waals surface area contributed by atoms with Gasteiger partial charge in [0.1, 0.15) is 0 Å². The Balaban J connectivity index is 1.21. The number of hydrogen-bond donors (Lipinski definition) is 0. The molecule has 10 rings (SSSR count). The molecule has 5 aromatic carbocycles. The van der Waals surface area contributed by atoms with Gasteiger partial charge < -0.3 is 4.90 Å². The Bertz CT molecular complexity index is 1900. The molecule has 0 N–H and O–H groups in total. The average molecular weight is 628 g/mol. The number of anilines is 3. The highest BCUT2D eigenvalue weighted by molar-refractivity contribution is 5.97. The van der Waals surface area contributed by atoms with Crippen LogP contribution in [0.4, 0.5) is 17.1 Å². The Labute approximate surface area is 288 Å². The zero-order valence-electron chi connectivity index (χ0n) is 28.8. The van der Waals surface area contributed by atoms with Gasteiger partial charge in [-0.25, -0.2) is 0 Å². The molecule has 5 aromatic rings. The predicted molar refractivity (Wildman–Crippen MR) is 203 cm³/mol. The summed E-state index contributed by atoms with van der Waals surface area (Å²) in [5, 5.41) is 0. The Kier molecular flexibility index (Phi) is 7.56. The van der Waals surface area contributed by atoms with Gasteiger partial charge in [0, 0.05) is 22.4 Å². The van der Waals surface area contributed by atoms with Crippen LogP contribution in [0, 0.1) is 11.8 Å². The Morgan fingerprint density at radius 2 is 1.21 bits per heavy atom. The van der Waals surface area contributed by atoms with E-state index in [1.54, 1.807) is 5.56 Å². The summed E-state index contributed by atoms with van der Waals surface area (Å²) in [6, 6.07) is 44.5. The van der Waals surface area contributed by atoms with E-state index in [-0.39, 0.29) is 5.41 Å². The molecule has 0 aliphatic heterocycles. The third kappa shape index (κ3) is 5.04. The molecule has 0 saturated heterocycles. The second-order valence-corrected chi connectivity index (χ2v) is 15.9. The maximum atomic E-state index is 2.56. The van der Waals surface area contributed by atoms with E-state index in [4.69, 9.17) is 0 Å². The van der Waals surface area contributed by atoms with E-state index in [1.807, 2.05) is 0 Å². The topological polar surface area (TPSA) is 3.24 Å². The first-order valence-corrected chi connectivity index (χ1v) is 18.9. The van der Waals surface area contributed by atoms with Gasteiger partial charge in [-0.1, -0.05) is 131 Å². The minimum atomic E-state index is -0.117. The molecule has 0 aromatic heterocycles. The van der Waals surface area contributed by atoms with Crippen molar-refractivity contribution in [1.29, 1.82) is 0 Å². The molecular weight excluding hydrogens is 579 g/mol. The Morgan fingerprint density at radius 3 is 1.88 bits per heavy atom. The van der Waals surface area contributed by atoms with Gasteiger partial charge in [-0.2, -0.15) is 0 Å². The molecule has 1 heteroatoms. The van der Waals surface area contributed by atoms with Gasteiger partial charge in [0.05, 0.1) is 5.69 Å². The molecule has 1 nitrogen and oxygen atoms in total. The van der Waals surface area contributed by atoms with Crippen molar-refractivity contribution >= 4 is 17.1 Å². The monoisotopic (exact) mass is 627 g/mol.